The Kier molecular flexibility index (Phi) is 4.20. The van der Waals surface area contributed by atoms with Crippen LogP contribution in [0.15, 0.2) is 41.2 Å². The van der Waals surface area contributed by atoms with E-state index in [2.05, 4.69) is 5.10 Å². The maximum atomic E-state index is 13.1. The Morgan fingerprint density at radius 1 is 1.31 bits per heavy atom. The summed E-state index contributed by atoms with van der Waals surface area (Å²) in [5.41, 5.74) is 0.264. The minimum atomic E-state index is -0.426. The minimum absolute atomic E-state index is 0.174. The Labute approximate surface area is 151 Å². The number of rotatable bonds is 3. The van der Waals surface area contributed by atoms with Gasteiger partial charge in [0.2, 0.25) is 0 Å². The number of aliphatic hydroxyl groups is 1. The summed E-state index contributed by atoms with van der Waals surface area (Å²) in [5, 5.41) is 13.0. The highest BCUT2D eigenvalue weighted by atomic mass is 16.5. The van der Waals surface area contributed by atoms with E-state index < -0.39 is 11.7 Å². The number of hydrogen-bond donors (Lipinski definition) is 2. The van der Waals surface area contributed by atoms with E-state index in [1.54, 1.807) is 24.1 Å². The first-order valence-corrected chi connectivity index (χ1v) is 8.96. The number of methoxy groups -OCH3 is 1. The number of carbonyl (C=O) groups is 1. The third-order valence-corrected chi connectivity index (χ3v) is 5.79. The van der Waals surface area contributed by atoms with E-state index in [9.17, 15) is 14.7 Å². The molecular weight excluding hydrogens is 334 g/mol. The molecule has 2 fully saturated rings. The second-order valence-corrected chi connectivity index (χ2v) is 7.14. The highest BCUT2D eigenvalue weighted by Crippen LogP contribution is 2.42. The third kappa shape index (κ3) is 2.68. The summed E-state index contributed by atoms with van der Waals surface area (Å²) in [4.78, 5) is 27.1. The second kappa shape index (κ2) is 6.41. The standard InChI is InChI=1S/C19H23N3O4/c1-26-19-8-7-14(23)11-16(19)21(10-9-19)18(25)15-12-17(24)22(20-15)13-5-3-2-4-6-13/h2-6,12,14,16,20,23H,7-11H2,1H3/t14-,16-,19+/m1/s1. The fourth-order valence-corrected chi connectivity index (χ4v) is 4.35. The van der Waals surface area contributed by atoms with Crippen LogP contribution in [0.1, 0.15) is 36.2 Å². The molecule has 26 heavy (non-hydrogen) atoms. The maximum Gasteiger partial charge on any atom is 0.272 e. The fraction of sp³-hybridized carbons (Fsp3) is 0.474. The number of aliphatic hydroxyl groups excluding tert-OH is 1. The lowest BCUT2D eigenvalue weighted by Gasteiger charge is -2.42. The van der Waals surface area contributed by atoms with Gasteiger partial charge in [-0.05, 0) is 37.8 Å². The van der Waals surface area contributed by atoms with E-state index in [4.69, 9.17) is 4.74 Å². The van der Waals surface area contributed by atoms with Crippen molar-refractivity contribution in [2.45, 2.75) is 43.4 Å². The number of likely N-dealkylation sites (tertiary alicyclic amines) is 1. The summed E-state index contributed by atoms with van der Waals surface area (Å²) in [7, 11) is 1.67. The largest absolute Gasteiger partial charge is 0.393 e. The van der Waals surface area contributed by atoms with Crippen molar-refractivity contribution in [1.82, 2.24) is 14.7 Å². The van der Waals surface area contributed by atoms with Crippen LogP contribution in [0.4, 0.5) is 0 Å². The highest BCUT2D eigenvalue weighted by molar-refractivity contribution is 5.92. The summed E-state index contributed by atoms with van der Waals surface area (Å²) < 4.78 is 7.15. The van der Waals surface area contributed by atoms with Gasteiger partial charge in [-0.15, -0.1) is 0 Å². The van der Waals surface area contributed by atoms with Crippen molar-refractivity contribution in [1.29, 1.82) is 0 Å². The van der Waals surface area contributed by atoms with Crippen molar-refractivity contribution in [3.8, 4) is 5.69 Å². The molecule has 1 amide bonds. The van der Waals surface area contributed by atoms with Gasteiger partial charge in [-0.3, -0.25) is 14.7 Å². The molecule has 2 aliphatic rings. The monoisotopic (exact) mass is 357 g/mol. The highest BCUT2D eigenvalue weighted by Gasteiger charge is 2.52. The first-order chi connectivity index (χ1) is 12.5. The number of H-pyrrole nitrogens is 1. The fourth-order valence-electron chi connectivity index (χ4n) is 4.35. The smallest absolute Gasteiger partial charge is 0.272 e. The molecule has 0 bridgehead atoms. The van der Waals surface area contributed by atoms with Crippen LogP contribution < -0.4 is 5.56 Å². The van der Waals surface area contributed by atoms with Crippen molar-refractivity contribution < 1.29 is 14.6 Å². The average Bonchev–Trinajstić information content (AvgIpc) is 3.23. The van der Waals surface area contributed by atoms with Gasteiger partial charge in [-0.2, -0.15) is 0 Å². The van der Waals surface area contributed by atoms with E-state index in [0.717, 1.165) is 12.8 Å². The molecule has 1 aliphatic heterocycles. The number of para-hydroxylation sites is 1. The molecule has 1 aromatic heterocycles. The number of benzene rings is 1. The molecule has 2 N–H and O–H groups in total. The molecule has 1 aliphatic carbocycles. The Balaban J connectivity index is 1.63. The summed E-state index contributed by atoms with van der Waals surface area (Å²) in [6, 6.07) is 10.3. The average molecular weight is 357 g/mol. The van der Waals surface area contributed by atoms with Crippen LogP contribution in [-0.2, 0) is 4.74 Å². The lowest BCUT2D eigenvalue weighted by Crippen LogP contribution is -2.52. The first kappa shape index (κ1) is 17.1. The summed E-state index contributed by atoms with van der Waals surface area (Å²) in [6.07, 6.45) is 2.25. The van der Waals surface area contributed by atoms with E-state index in [-0.39, 0.29) is 23.2 Å². The summed E-state index contributed by atoms with van der Waals surface area (Å²) in [6.45, 7) is 0.558. The molecular formula is C19H23N3O4. The summed E-state index contributed by atoms with van der Waals surface area (Å²) >= 11 is 0. The number of nitrogens with zero attached hydrogens (tertiary/aromatic N) is 2. The predicted octanol–water partition coefficient (Wildman–Crippen LogP) is 1.31. The number of aromatic nitrogens is 2. The number of ether oxygens (including phenoxy) is 1. The Morgan fingerprint density at radius 2 is 2.08 bits per heavy atom. The lowest BCUT2D eigenvalue weighted by atomic mass is 9.79. The predicted molar refractivity (Wildman–Crippen MR) is 95.4 cm³/mol. The molecule has 7 nitrogen and oxygen atoms in total. The van der Waals surface area contributed by atoms with Gasteiger partial charge in [-0.1, -0.05) is 18.2 Å². The molecule has 1 saturated carbocycles. The summed E-state index contributed by atoms with van der Waals surface area (Å²) in [5.74, 6) is -0.227. The third-order valence-electron chi connectivity index (χ3n) is 5.79. The molecule has 3 atom stereocenters. The van der Waals surface area contributed by atoms with Crippen molar-refractivity contribution in [2.75, 3.05) is 13.7 Å². The number of hydrogen-bond acceptors (Lipinski definition) is 4. The second-order valence-electron chi connectivity index (χ2n) is 7.14. The van der Waals surface area contributed by atoms with Crippen LogP contribution in [0.25, 0.3) is 5.69 Å². The van der Waals surface area contributed by atoms with Gasteiger partial charge >= 0.3 is 0 Å². The zero-order valence-electron chi connectivity index (χ0n) is 14.7. The molecule has 4 rings (SSSR count). The zero-order chi connectivity index (χ0) is 18.3. The van der Waals surface area contributed by atoms with Crippen molar-refractivity contribution in [3.63, 3.8) is 0 Å². The van der Waals surface area contributed by atoms with Crippen molar-refractivity contribution >= 4 is 5.91 Å². The number of amides is 1. The van der Waals surface area contributed by atoms with Gasteiger partial charge in [0.25, 0.3) is 11.5 Å². The molecule has 2 heterocycles. The van der Waals surface area contributed by atoms with Gasteiger partial charge < -0.3 is 14.7 Å². The van der Waals surface area contributed by atoms with E-state index in [1.165, 1.54) is 10.7 Å². The number of nitrogens with one attached hydrogen (secondary N) is 1. The van der Waals surface area contributed by atoms with Crippen LogP contribution >= 0.6 is 0 Å². The maximum absolute atomic E-state index is 13.1. The zero-order valence-corrected chi connectivity index (χ0v) is 14.7. The van der Waals surface area contributed by atoms with Crippen LogP contribution in [0.5, 0.6) is 0 Å². The normalized spacial score (nSPS) is 28.2. The molecule has 0 spiro atoms. The molecule has 1 aromatic carbocycles. The minimum Gasteiger partial charge on any atom is -0.393 e. The Bertz CT molecular complexity index is 859. The number of aromatic amines is 1. The lowest BCUT2D eigenvalue weighted by molar-refractivity contribution is -0.0824. The van der Waals surface area contributed by atoms with Gasteiger partial charge in [0, 0.05) is 19.7 Å². The molecule has 7 heteroatoms. The van der Waals surface area contributed by atoms with Crippen molar-refractivity contribution in [3.05, 3.63) is 52.4 Å². The Morgan fingerprint density at radius 3 is 2.81 bits per heavy atom. The molecule has 0 radical (unpaired) electrons. The molecule has 1 saturated heterocycles. The number of fused-ring (bicyclic) bond motifs is 1. The number of carbonyl (C=O) groups excluding carboxylic acids is 1. The van der Waals surface area contributed by atoms with Gasteiger partial charge in [0.15, 0.2) is 0 Å². The van der Waals surface area contributed by atoms with Crippen LogP contribution in [0, 0.1) is 0 Å². The van der Waals surface area contributed by atoms with Gasteiger partial charge in [0.1, 0.15) is 5.69 Å². The van der Waals surface area contributed by atoms with Gasteiger partial charge in [0.05, 0.1) is 23.4 Å². The molecule has 138 valence electrons. The molecule has 0 unspecified atom stereocenters. The first-order valence-electron chi connectivity index (χ1n) is 8.96. The van der Waals surface area contributed by atoms with Crippen LogP contribution in [0.2, 0.25) is 0 Å². The van der Waals surface area contributed by atoms with Crippen LogP contribution in [-0.4, -0.2) is 57.1 Å². The van der Waals surface area contributed by atoms with Gasteiger partial charge in [-0.25, -0.2) is 4.68 Å². The Hall–Kier alpha value is -2.38. The molecule has 2 aromatic rings. The topological polar surface area (TPSA) is 87.6 Å². The van der Waals surface area contributed by atoms with E-state index in [0.29, 0.717) is 25.1 Å². The SMILES string of the molecule is CO[C@]12CC[C@@H](O)C[C@H]1N(C(=O)c1cc(=O)n(-c3ccccc3)[nH]1)CC2. The van der Waals surface area contributed by atoms with Crippen LogP contribution in [0.3, 0.4) is 0 Å². The van der Waals surface area contributed by atoms with E-state index in [1.807, 2.05) is 18.2 Å². The van der Waals surface area contributed by atoms with Crippen molar-refractivity contribution in [2.24, 2.45) is 0 Å². The van der Waals surface area contributed by atoms with E-state index >= 15 is 0 Å². The quantitative estimate of drug-likeness (QED) is 0.867.